The molecule has 0 aliphatic rings. The molecule has 0 saturated carbocycles. The van der Waals surface area contributed by atoms with E-state index in [1.807, 2.05) is 48.5 Å². The summed E-state index contributed by atoms with van der Waals surface area (Å²) in [5.74, 6) is -0.266. The Hall–Kier alpha value is -3.73. The molecule has 0 radical (unpaired) electrons. The number of pyridine rings is 2. The Morgan fingerprint density at radius 1 is 0.929 bits per heavy atom. The van der Waals surface area contributed by atoms with Crippen molar-refractivity contribution in [2.24, 2.45) is 0 Å². The van der Waals surface area contributed by atoms with Crippen LogP contribution in [-0.4, -0.2) is 15.9 Å². The van der Waals surface area contributed by atoms with E-state index in [9.17, 15) is 4.79 Å². The zero-order valence-electron chi connectivity index (χ0n) is 15.5. The lowest BCUT2D eigenvalue weighted by Crippen LogP contribution is -2.14. The number of nitrogens with zero attached hydrogens (tertiary/aromatic N) is 2. The number of fused-ring (bicyclic) bond motifs is 1. The molecule has 138 valence electrons. The number of carbonyl (C=O) groups is 1. The predicted molar refractivity (Wildman–Crippen MR) is 112 cm³/mol. The van der Waals surface area contributed by atoms with Crippen molar-refractivity contribution < 1.29 is 4.79 Å². The molecule has 2 N–H and O–H groups in total. The molecule has 2 aromatic carbocycles. The van der Waals surface area contributed by atoms with Gasteiger partial charge in [-0.15, -0.1) is 0 Å². The maximum absolute atomic E-state index is 12.7. The van der Waals surface area contributed by atoms with E-state index in [-0.39, 0.29) is 5.91 Å². The van der Waals surface area contributed by atoms with Crippen molar-refractivity contribution in [3.8, 4) is 0 Å². The molecule has 0 unspecified atom stereocenters. The fourth-order valence-corrected chi connectivity index (χ4v) is 3.06. The molecule has 0 aliphatic heterocycles. The molecule has 0 saturated heterocycles. The fraction of sp³-hybridized carbons (Fsp3) is 0.0870. The third kappa shape index (κ3) is 3.83. The van der Waals surface area contributed by atoms with Gasteiger partial charge in [-0.25, -0.2) is 0 Å². The van der Waals surface area contributed by atoms with Gasteiger partial charge in [-0.2, -0.15) is 0 Å². The summed E-state index contributed by atoms with van der Waals surface area (Å²) in [5.41, 5.74) is 5.06. The van der Waals surface area contributed by atoms with Gasteiger partial charge in [0, 0.05) is 30.0 Å². The van der Waals surface area contributed by atoms with Crippen molar-refractivity contribution in [2.45, 2.75) is 13.5 Å². The number of carbonyl (C=O) groups excluding carboxylic acids is 1. The van der Waals surface area contributed by atoms with Crippen LogP contribution in [0, 0.1) is 6.92 Å². The van der Waals surface area contributed by atoms with Gasteiger partial charge >= 0.3 is 0 Å². The van der Waals surface area contributed by atoms with Crippen LogP contribution in [0.1, 0.15) is 21.6 Å². The summed E-state index contributed by atoms with van der Waals surface area (Å²) in [7, 11) is 0. The van der Waals surface area contributed by atoms with E-state index >= 15 is 0 Å². The first-order valence-corrected chi connectivity index (χ1v) is 9.10. The minimum absolute atomic E-state index is 0.266. The van der Waals surface area contributed by atoms with Crippen molar-refractivity contribution in [2.75, 3.05) is 10.6 Å². The quantitative estimate of drug-likeness (QED) is 0.531. The molecule has 1 amide bonds. The Bertz CT molecular complexity index is 1130. The zero-order chi connectivity index (χ0) is 19.3. The van der Waals surface area contributed by atoms with Crippen LogP contribution in [-0.2, 0) is 6.54 Å². The van der Waals surface area contributed by atoms with Gasteiger partial charge in [0.05, 0.1) is 11.2 Å². The highest BCUT2D eigenvalue weighted by Gasteiger charge is 2.11. The van der Waals surface area contributed by atoms with E-state index in [0.717, 1.165) is 16.6 Å². The lowest BCUT2D eigenvalue weighted by Gasteiger charge is -2.11. The lowest BCUT2D eigenvalue weighted by atomic mass is 10.1. The van der Waals surface area contributed by atoms with Gasteiger partial charge in [0.25, 0.3) is 5.91 Å². The van der Waals surface area contributed by atoms with E-state index in [1.165, 1.54) is 11.1 Å². The van der Waals surface area contributed by atoms with Crippen LogP contribution in [0.2, 0.25) is 0 Å². The molecule has 5 nitrogen and oxygen atoms in total. The van der Waals surface area contributed by atoms with Crippen LogP contribution in [0.15, 0.2) is 79.1 Å². The van der Waals surface area contributed by atoms with E-state index < -0.39 is 0 Å². The van der Waals surface area contributed by atoms with E-state index in [0.29, 0.717) is 17.9 Å². The molecule has 0 aliphatic carbocycles. The van der Waals surface area contributed by atoms with E-state index in [4.69, 9.17) is 0 Å². The number of nitrogens with one attached hydrogen (secondary N) is 2. The van der Waals surface area contributed by atoms with Gasteiger partial charge in [0.2, 0.25) is 0 Å². The SMILES string of the molecule is Cc1ccccc1CNc1ccnc(C(=O)Nc2cccc3cccnc23)c1. The number of aryl methyl sites for hydroxylation is 1. The molecule has 0 bridgehead atoms. The van der Waals surface area contributed by atoms with Gasteiger partial charge in [0.1, 0.15) is 5.69 Å². The number of hydrogen-bond acceptors (Lipinski definition) is 4. The summed E-state index contributed by atoms with van der Waals surface area (Å²) >= 11 is 0. The van der Waals surface area contributed by atoms with Crippen molar-refractivity contribution in [3.05, 3.63) is 95.9 Å². The Kier molecular flexibility index (Phi) is 4.97. The lowest BCUT2D eigenvalue weighted by molar-refractivity contribution is 0.102. The van der Waals surface area contributed by atoms with Crippen molar-refractivity contribution in [1.29, 1.82) is 0 Å². The van der Waals surface area contributed by atoms with E-state index in [1.54, 1.807) is 18.5 Å². The Balaban J connectivity index is 1.50. The second-order valence-corrected chi connectivity index (χ2v) is 6.54. The number of amides is 1. The molecular formula is C23H20N4O. The number of anilines is 2. The van der Waals surface area contributed by atoms with Crippen LogP contribution < -0.4 is 10.6 Å². The first-order chi connectivity index (χ1) is 13.7. The summed E-state index contributed by atoms with van der Waals surface area (Å²) < 4.78 is 0. The molecule has 4 rings (SSSR count). The van der Waals surface area contributed by atoms with Gasteiger partial charge in [-0.1, -0.05) is 42.5 Å². The third-order valence-electron chi connectivity index (χ3n) is 4.62. The number of hydrogen-bond donors (Lipinski definition) is 2. The monoisotopic (exact) mass is 368 g/mol. The van der Waals surface area contributed by atoms with Gasteiger partial charge < -0.3 is 10.6 Å². The molecule has 28 heavy (non-hydrogen) atoms. The highest BCUT2D eigenvalue weighted by Crippen LogP contribution is 2.21. The normalized spacial score (nSPS) is 10.6. The Morgan fingerprint density at radius 3 is 2.68 bits per heavy atom. The first kappa shape index (κ1) is 17.7. The highest BCUT2D eigenvalue weighted by molar-refractivity contribution is 6.07. The van der Waals surface area contributed by atoms with Crippen LogP contribution in [0.4, 0.5) is 11.4 Å². The Morgan fingerprint density at radius 2 is 1.79 bits per heavy atom. The minimum atomic E-state index is -0.266. The molecule has 4 aromatic rings. The summed E-state index contributed by atoms with van der Waals surface area (Å²) in [5, 5.41) is 7.25. The molecule has 2 aromatic heterocycles. The molecular weight excluding hydrogens is 348 g/mol. The van der Waals surface area contributed by atoms with Crippen molar-refractivity contribution in [1.82, 2.24) is 9.97 Å². The van der Waals surface area contributed by atoms with Gasteiger partial charge in [0.15, 0.2) is 0 Å². The largest absolute Gasteiger partial charge is 0.381 e. The second kappa shape index (κ2) is 7.88. The molecule has 0 fully saturated rings. The highest BCUT2D eigenvalue weighted by atomic mass is 16.1. The predicted octanol–water partition coefficient (Wildman–Crippen LogP) is 4.80. The Labute approximate surface area is 163 Å². The van der Waals surface area contributed by atoms with E-state index in [2.05, 4.69) is 39.7 Å². The zero-order valence-corrected chi connectivity index (χ0v) is 15.5. The van der Waals surface area contributed by atoms with Crippen molar-refractivity contribution >= 4 is 28.2 Å². The molecule has 0 spiro atoms. The third-order valence-corrected chi connectivity index (χ3v) is 4.62. The summed E-state index contributed by atoms with van der Waals surface area (Å²) in [6.45, 7) is 2.77. The van der Waals surface area contributed by atoms with Gasteiger partial charge in [-0.05, 0) is 42.3 Å². The molecule has 0 atom stereocenters. The number of aromatic nitrogens is 2. The number of para-hydroxylation sites is 1. The first-order valence-electron chi connectivity index (χ1n) is 9.10. The van der Waals surface area contributed by atoms with Crippen LogP contribution in [0.25, 0.3) is 10.9 Å². The summed E-state index contributed by atoms with van der Waals surface area (Å²) in [4.78, 5) is 21.3. The van der Waals surface area contributed by atoms with Crippen LogP contribution >= 0.6 is 0 Å². The molecule has 2 heterocycles. The maximum Gasteiger partial charge on any atom is 0.274 e. The smallest absolute Gasteiger partial charge is 0.274 e. The molecule has 5 heteroatoms. The van der Waals surface area contributed by atoms with Crippen molar-refractivity contribution in [3.63, 3.8) is 0 Å². The standard InChI is InChI=1S/C23H20N4O/c1-16-6-2-3-7-18(16)15-26-19-11-13-24-21(14-19)23(28)27-20-10-4-8-17-9-5-12-25-22(17)20/h2-14H,15H2,1H3,(H,24,26)(H,27,28). The fourth-order valence-electron chi connectivity index (χ4n) is 3.06. The van der Waals surface area contributed by atoms with Crippen LogP contribution in [0.3, 0.4) is 0 Å². The summed E-state index contributed by atoms with van der Waals surface area (Å²) in [6.07, 6.45) is 3.35. The average Bonchev–Trinajstić information content (AvgIpc) is 2.74. The summed E-state index contributed by atoms with van der Waals surface area (Å²) in [6, 6.07) is 21.4. The van der Waals surface area contributed by atoms with Crippen LogP contribution in [0.5, 0.6) is 0 Å². The minimum Gasteiger partial charge on any atom is -0.381 e. The number of rotatable bonds is 5. The average molecular weight is 368 g/mol. The maximum atomic E-state index is 12.7. The second-order valence-electron chi connectivity index (χ2n) is 6.54. The van der Waals surface area contributed by atoms with Gasteiger partial charge in [-0.3, -0.25) is 14.8 Å². The number of benzene rings is 2. The topological polar surface area (TPSA) is 66.9 Å².